The lowest BCUT2D eigenvalue weighted by atomic mass is 10.1. The molecule has 1 aliphatic carbocycles. The van der Waals surface area contributed by atoms with Crippen LogP contribution in [0.25, 0.3) is 0 Å². The van der Waals surface area contributed by atoms with Crippen molar-refractivity contribution in [3.8, 4) is 0 Å². The predicted octanol–water partition coefficient (Wildman–Crippen LogP) is 1.49. The van der Waals surface area contributed by atoms with Gasteiger partial charge in [-0.1, -0.05) is 6.92 Å². The van der Waals surface area contributed by atoms with Crippen LogP contribution in [0.1, 0.15) is 33.1 Å². The Morgan fingerprint density at radius 1 is 1.31 bits per heavy atom. The summed E-state index contributed by atoms with van der Waals surface area (Å²) in [5, 5.41) is 3.60. The molecule has 2 fully saturated rings. The fraction of sp³-hybridized carbons (Fsp3) is 1.00. The van der Waals surface area contributed by atoms with Crippen molar-refractivity contribution in [2.24, 2.45) is 5.92 Å². The molecule has 3 heteroatoms. The molecule has 0 bridgehead atoms. The van der Waals surface area contributed by atoms with Crippen molar-refractivity contribution in [3.05, 3.63) is 0 Å². The smallest absolute Gasteiger partial charge is 0.0593 e. The summed E-state index contributed by atoms with van der Waals surface area (Å²) in [6.07, 6.45) is 4.00. The zero-order valence-corrected chi connectivity index (χ0v) is 10.7. The maximum Gasteiger partial charge on any atom is 0.0593 e. The van der Waals surface area contributed by atoms with Crippen LogP contribution >= 0.6 is 0 Å². The summed E-state index contributed by atoms with van der Waals surface area (Å²) in [5.74, 6) is 0.964. The minimum absolute atomic E-state index is 0.640. The Balaban J connectivity index is 1.73. The Kier molecular flexibility index (Phi) is 4.62. The highest BCUT2D eigenvalue weighted by Crippen LogP contribution is 2.36. The van der Waals surface area contributed by atoms with Crippen LogP contribution in [-0.4, -0.2) is 49.8 Å². The lowest BCUT2D eigenvalue weighted by Crippen LogP contribution is -2.57. The van der Waals surface area contributed by atoms with Gasteiger partial charge in [-0.05, 0) is 32.1 Å². The van der Waals surface area contributed by atoms with E-state index in [4.69, 9.17) is 4.74 Å². The maximum absolute atomic E-state index is 5.61. The van der Waals surface area contributed by atoms with Crippen LogP contribution in [0.4, 0.5) is 0 Å². The van der Waals surface area contributed by atoms with Crippen LogP contribution in [0.3, 0.4) is 0 Å². The third-order valence-electron chi connectivity index (χ3n) is 3.69. The molecule has 1 saturated heterocycles. The Morgan fingerprint density at radius 3 is 2.81 bits per heavy atom. The highest BCUT2D eigenvalue weighted by molar-refractivity contribution is 4.94. The van der Waals surface area contributed by atoms with Gasteiger partial charge in [0.15, 0.2) is 0 Å². The van der Waals surface area contributed by atoms with E-state index in [2.05, 4.69) is 24.1 Å². The van der Waals surface area contributed by atoms with E-state index in [1.165, 1.54) is 25.9 Å². The van der Waals surface area contributed by atoms with E-state index in [0.29, 0.717) is 6.04 Å². The topological polar surface area (TPSA) is 24.5 Å². The number of rotatable bonds is 6. The molecule has 1 saturated carbocycles. The van der Waals surface area contributed by atoms with E-state index in [-0.39, 0.29) is 0 Å². The zero-order chi connectivity index (χ0) is 11.4. The van der Waals surface area contributed by atoms with Gasteiger partial charge in [-0.15, -0.1) is 0 Å². The van der Waals surface area contributed by atoms with Gasteiger partial charge >= 0.3 is 0 Å². The summed E-state index contributed by atoms with van der Waals surface area (Å²) in [5.41, 5.74) is 0. The molecule has 2 aliphatic rings. The molecule has 1 heterocycles. The minimum atomic E-state index is 0.640. The van der Waals surface area contributed by atoms with Gasteiger partial charge in [0.05, 0.1) is 6.61 Å². The Morgan fingerprint density at radius 2 is 2.12 bits per heavy atom. The number of ether oxygens (including phenoxy) is 1. The van der Waals surface area contributed by atoms with E-state index in [0.717, 1.165) is 38.1 Å². The van der Waals surface area contributed by atoms with E-state index < -0.39 is 0 Å². The van der Waals surface area contributed by atoms with Crippen molar-refractivity contribution >= 4 is 0 Å². The molecule has 2 rings (SSSR count). The first-order valence-electron chi connectivity index (χ1n) is 6.86. The molecule has 2 unspecified atom stereocenters. The number of hydrogen-bond acceptors (Lipinski definition) is 3. The van der Waals surface area contributed by atoms with Gasteiger partial charge in [0, 0.05) is 38.3 Å². The maximum atomic E-state index is 5.61. The average molecular weight is 226 g/mol. The monoisotopic (exact) mass is 226 g/mol. The minimum Gasteiger partial charge on any atom is -0.380 e. The SMILES string of the molecule is CCCOCCN1CC(C)NCC1C1CC1. The molecule has 1 aliphatic heterocycles. The van der Waals surface area contributed by atoms with E-state index in [1.54, 1.807) is 0 Å². The van der Waals surface area contributed by atoms with Crippen molar-refractivity contribution in [2.45, 2.75) is 45.2 Å². The largest absolute Gasteiger partial charge is 0.380 e. The molecule has 0 aromatic rings. The first kappa shape index (κ1) is 12.3. The number of piperazine rings is 1. The highest BCUT2D eigenvalue weighted by Gasteiger charge is 2.37. The number of nitrogens with one attached hydrogen (secondary N) is 1. The summed E-state index contributed by atoms with van der Waals surface area (Å²) in [6, 6.07) is 1.42. The molecule has 16 heavy (non-hydrogen) atoms. The van der Waals surface area contributed by atoms with Gasteiger partial charge in [0.2, 0.25) is 0 Å². The summed E-state index contributed by atoms with van der Waals surface area (Å²) in [7, 11) is 0. The molecule has 0 aromatic carbocycles. The predicted molar refractivity (Wildman–Crippen MR) is 66.7 cm³/mol. The fourth-order valence-electron chi connectivity index (χ4n) is 2.63. The van der Waals surface area contributed by atoms with Gasteiger partial charge < -0.3 is 10.1 Å². The third-order valence-corrected chi connectivity index (χ3v) is 3.69. The van der Waals surface area contributed by atoms with Crippen LogP contribution in [0.2, 0.25) is 0 Å². The molecule has 0 aromatic heterocycles. The normalized spacial score (nSPS) is 31.9. The average Bonchev–Trinajstić information content (AvgIpc) is 3.08. The fourth-order valence-corrected chi connectivity index (χ4v) is 2.63. The summed E-state index contributed by atoms with van der Waals surface area (Å²) >= 11 is 0. The second-order valence-electron chi connectivity index (χ2n) is 5.32. The van der Waals surface area contributed by atoms with Crippen molar-refractivity contribution in [2.75, 3.05) is 32.8 Å². The van der Waals surface area contributed by atoms with Crippen molar-refractivity contribution in [1.29, 1.82) is 0 Å². The van der Waals surface area contributed by atoms with Gasteiger partial charge in [-0.25, -0.2) is 0 Å². The second-order valence-corrected chi connectivity index (χ2v) is 5.32. The molecule has 3 nitrogen and oxygen atoms in total. The van der Waals surface area contributed by atoms with Crippen LogP contribution < -0.4 is 5.32 Å². The number of hydrogen-bond donors (Lipinski definition) is 1. The van der Waals surface area contributed by atoms with E-state index in [9.17, 15) is 0 Å². The summed E-state index contributed by atoms with van der Waals surface area (Å²) < 4.78 is 5.61. The number of nitrogens with zero attached hydrogens (tertiary/aromatic N) is 1. The van der Waals surface area contributed by atoms with Crippen LogP contribution in [0.15, 0.2) is 0 Å². The van der Waals surface area contributed by atoms with Gasteiger partial charge in [0.1, 0.15) is 0 Å². The molecule has 0 spiro atoms. The molecular weight excluding hydrogens is 200 g/mol. The highest BCUT2D eigenvalue weighted by atomic mass is 16.5. The van der Waals surface area contributed by atoms with Gasteiger partial charge in [-0.3, -0.25) is 4.90 Å². The molecule has 1 N–H and O–H groups in total. The molecular formula is C13H26N2O. The van der Waals surface area contributed by atoms with Crippen molar-refractivity contribution in [1.82, 2.24) is 10.2 Å². The van der Waals surface area contributed by atoms with Crippen LogP contribution in [-0.2, 0) is 4.74 Å². The summed E-state index contributed by atoms with van der Waals surface area (Å²) in [4.78, 5) is 2.65. The molecule has 2 atom stereocenters. The van der Waals surface area contributed by atoms with Gasteiger partial charge in [-0.2, -0.15) is 0 Å². The molecule has 0 amide bonds. The standard InChI is InChI=1S/C13H26N2O/c1-3-7-16-8-6-15-10-11(2)14-9-13(15)12-4-5-12/h11-14H,3-10H2,1-2H3. The van der Waals surface area contributed by atoms with Crippen molar-refractivity contribution < 1.29 is 4.74 Å². The first-order valence-corrected chi connectivity index (χ1v) is 6.86. The lowest BCUT2D eigenvalue weighted by Gasteiger charge is -2.39. The second kappa shape index (κ2) is 5.99. The zero-order valence-electron chi connectivity index (χ0n) is 10.7. The van der Waals surface area contributed by atoms with E-state index in [1.807, 2.05) is 0 Å². The lowest BCUT2D eigenvalue weighted by molar-refractivity contribution is 0.0609. The van der Waals surface area contributed by atoms with Crippen LogP contribution in [0.5, 0.6) is 0 Å². The molecule has 94 valence electrons. The van der Waals surface area contributed by atoms with Gasteiger partial charge in [0.25, 0.3) is 0 Å². The quantitative estimate of drug-likeness (QED) is 0.694. The Bertz CT molecular complexity index is 206. The molecule has 0 radical (unpaired) electrons. The Labute approximate surface area is 99.5 Å². The van der Waals surface area contributed by atoms with Crippen molar-refractivity contribution in [3.63, 3.8) is 0 Å². The Hall–Kier alpha value is -0.120. The van der Waals surface area contributed by atoms with Crippen LogP contribution in [0, 0.1) is 5.92 Å². The first-order chi connectivity index (χ1) is 7.81. The van der Waals surface area contributed by atoms with E-state index >= 15 is 0 Å². The summed E-state index contributed by atoms with van der Waals surface area (Å²) in [6.45, 7) is 9.76. The third kappa shape index (κ3) is 3.44.